The maximum absolute atomic E-state index is 12.2. The van der Waals surface area contributed by atoms with E-state index < -0.39 is 4.92 Å². The highest BCUT2D eigenvalue weighted by molar-refractivity contribution is 6.32. The lowest BCUT2D eigenvalue weighted by Gasteiger charge is -2.08. The number of benzene rings is 3. The number of aromatic nitrogens is 2. The van der Waals surface area contributed by atoms with Crippen LogP contribution < -0.4 is 10.3 Å². The Morgan fingerprint density at radius 3 is 2.57 bits per heavy atom. The summed E-state index contributed by atoms with van der Waals surface area (Å²) in [4.78, 5) is 30.2. The molecule has 4 aromatic rings. The number of hydrogen-bond acceptors (Lipinski definition) is 5. The summed E-state index contributed by atoms with van der Waals surface area (Å²) in [7, 11) is 0. The van der Waals surface area contributed by atoms with Crippen molar-refractivity contribution in [2.75, 3.05) is 0 Å². The van der Waals surface area contributed by atoms with E-state index in [0.717, 1.165) is 0 Å². The van der Waals surface area contributed by atoms with E-state index >= 15 is 0 Å². The van der Waals surface area contributed by atoms with Gasteiger partial charge >= 0.3 is 5.69 Å². The Labute approximate surface area is 175 Å². The Kier molecular flexibility index (Phi) is 5.28. The van der Waals surface area contributed by atoms with Crippen LogP contribution in [-0.4, -0.2) is 14.9 Å². The van der Waals surface area contributed by atoms with Gasteiger partial charge in [-0.25, -0.2) is 4.98 Å². The number of para-hydroxylation sites is 2. The van der Waals surface area contributed by atoms with Crippen LogP contribution in [0, 0.1) is 10.1 Å². The number of aromatic amines is 1. The highest BCUT2D eigenvalue weighted by Crippen LogP contribution is 2.35. The van der Waals surface area contributed by atoms with Gasteiger partial charge in [0.2, 0.25) is 5.75 Å². The summed E-state index contributed by atoms with van der Waals surface area (Å²) in [6, 6.07) is 18.3. The maximum Gasteiger partial charge on any atom is 0.312 e. The minimum atomic E-state index is -0.528. The first kappa shape index (κ1) is 19.4. The van der Waals surface area contributed by atoms with Crippen molar-refractivity contribution < 1.29 is 9.66 Å². The van der Waals surface area contributed by atoms with Gasteiger partial charge in [-0.15, -0.1) is 0 Å². The summed E-state index contributed by atoms with van der Waals surface area (Å²) >= 11 is 6.07. The van der Waals surface area contributed by atoms with Gasteiger partial charge in [0.25, 0.3) is 5.56 Å². The molecule has 8 heteroatoms. The number of halogens is 1. The Balaban J connectivity index is 1.65. The Morgan fingerprint density at radius 1 is 1.00 bits per heavy atom. The summed E-state index contributed by atoms with van der Waals surface area (Å²) in [5, 5.41) is 12.4. The Morgan fingerprint density at radius 2 is 1.77 bits per heavy atom. The first-order valence-electron chi connectivity index (χ1n) is 8.89. The predicted octanol–water partition coefficient (Wildman–Crippen LogP) is 5.45. The first-order chi connectivity index (χ1) is 14.5. The monoisotopic (exact) mass is 419 g/mol. The molecule has 0 spiro atoms. The molecule has 0 saturated heterocycles. The van der Waals surface area contributed by atoms with Crippen LogP contribution in [0.1, 0.15) is 11.4 Å². The smallest absolute Gasteiger partial charge is 0.312 e. The SMILES string of the molecule is O=c1[nH]c(/C=C/c2ccc(Oc3ccccc3Cl)c([N+](=O)[O-])c2)nc2ccccc12. The molecule has 1 N–H and O–H groups in total. The summed E-state index contributed by atoms with van der Waals surface area (Å²) in [6.45, 7) is 0. The summed E-state index contributed by atoms with van der Waals surface area (Å²) < 4.78 is 5.63. The van der Waals surface area contributed by atoms with E-state index in [-0.39, 0.29) is 17.0 Å². The van der Waals surface area contributed by atoms with E-state index in [0.29, 0.717) is 33.1 Å². The molecule has 0 aliphatic heterocycles. The Bertz CT molecular complexity index is 1350. The van der Waals surface area contributed by atoms with Crippen molar-refractivity contribution in [3.63, 3.8) is 0 Å². The van der Waals surface area contributed by atoms with Crippen molar-refractivity contribution in [3.8, 4) is 11.5 Å². The van der Waals surface area contributed by atoms with E-state index in [1.165, 1.54) is 12.1 Å². The molecule has 7 nitrogen and oxygen atoms in total. The average molecular weight is 420 g/mol. The molecule has 0 aliphatic rings. The van der Waals surface area contributed by atoms with E-state index in [9.17, 15) is 14.9 Å². The fraction of sp³-hybridized carbons (Fsp3) is 0. The lowest BCUT2D eigenvalue weighted by molar-refractivity contribution is -0.385. The number of nitro benzene ring substituents is 1. The van der Waals surface area contributed by atoms with Gasteiger partial charge in [0.05, 0.1) is 20.8 Å². The van der Waals surface area contributed by atoms with Gasteiger partial charge in [0.15, 0.2) is 0 Å². The van der Waals surface area contributed by atoms with Gasteiger partial charge in [0.1, 0.15) is 11.6 Å². The lowest BCUT2D eigenvalue weighted by Crippen LogP contribution is -2.09. The van der Waals surface area contributed by atoms with Crippen LogP contribution in [-0.2, 0) is 0 Å². The second-order valence-corrected chi connectivity index (χ2v) is 6.73. The quantitative estimate of drug-likeness (QED) is 0.342. The maximum atomic E-state index is 12.2. The summed E-state index contributed by atoms with van der Waals surface area (Å²) in [6.07, 6.45) is 3.21. The topological polar surface area (TPSA) is 98.1 Å². The van der Waals surface area contributed by atoms with Gasteiger partial charge in [-0.1, -0.05) is 48.0 Å². The van der Waals surface area contributed by atoms with E-state index in [1.54, 1.807) is 66.7 Å². The predicted molar refractivity (Wildman–Crippen MR) is 116 cm³/mol. The van der Waals surface area contributed by atoms with Crippen molar-refractivity contribution in [2.24, 2.45) is 0 Å². The highest BCUT2D eigenvalue weighted by Gasteiger charge is 2.17. The molecule has 0 saturated carbocycles. The van der Waals surface area contributed by atoms with Crippen LogP contribution >= 0.6 is 11.6 Å². The number of nitrogens with one attached hydrogen (secondary N) is 1. The number of hydrogen-bond donors (Lipinski definition) is 1. The minimum Gasteiger partial charge on any atom is -0.449 e. The number of nitrogens with zero attached hydrogens (tertiary/aromatic N) is 2. The lowest BCUT2D eigenvalue weighted by atomic mass is 10.1. The molecule has 0 bridgehead atoms. The molecule has 1 aromatic heterocycles. The number of rotatable bonds is 5. The third kappa shape index (κ3) is 4.06. The third-order valence-corrected chi connectivity index (χ3v) is 4.61. The molecule has 0 amide bonds. The molecule has 0 aliphatic carbocycles. The zero-order chi connectivity index (χ0) is 21.1. The van der Waals surface area contributed by atoms with Crippen LogP contribution in [0.5, 0.6) is 11.5 Å². The normalized spacial score (nSPS) is 11.1. The van der Waals surface area contributed by atoms with Gasteiger partial charge in [-0.05, 0) is 42.0 Å². The standard InChI is InChI=1S/C22H14ClN3O4/c23-16-6-2-4-8-19(16)30-20-11-9-14(13-18(20)26(28)29)10-12-21-24-17-7-3-1-5-15(17)22(27)25-21/h1-13H,(H,24,25,27)/b12-10+. The van der Waals surface area contributed by atoms with Crippen molar-refractivity contribution in [1.29, 1.82) is 0 Å². The number of ether oxygens (including phenoxy) is 1. The fourth-order valence-electron chi connectivity index (χ4n) is 2.87. The van der Waals surface area contributed by atoms with Gasteiger partial charge < -0.3 is 9.72 Å². The largest absolute Gasteiger partial charge is 0.449 e. The van der Waals surface area contributed by atoms with E-state index in [4.69, 9.17) is 16.3 Å². The van der Waals surface area contributed by atoms with E-state index in [2.05, 4.69) is 9.97 Å². The molecular weight excluding hydrogens is 406 g/mol. The van der Waals surface area contributed by atoms with Gasteiger partial charge in [-0.2, -0.15) is 0 Å². The third-order valence-electron chi connectivity index (χ3n) is 4.30. The van der Waals surface area contributed by atoms with Crippen LogP contribution in [0.15, 0.2) is 71.5 Å². The van der Waals surface area contributed by atoms with Gasteiger partial charge in [0, 0.05) is 6.07 Å². The fourth-order valence-corrected chi connectivity index (χ4v) is 3.05. The summed E-state index contributed by atoms with van der Waals surface area (Å²) in [5.41, 5.74) is 0.645. The van der Waals surface area contributed by atoms with Gasteiger partial charge in [-0.3, -0.25) is 14.9 Å². The average Bonchev–Trinajstić information content (AvgIpc) is 2.74. The van der Waals surface area contributed by atoms with Crippen LogP contribution in [0.3, 0.4) is 0 Å². The minimum absolute atomic E-state index is 0.0717. The molecule has 148 valence electrons. The second-order valence-electron chi connectivity index (χ2n) is 6.32. The van der Waals surface area contributed by atoms with Crippen LogP contribution in [0.25, 0.3) is 23.1 Å². The molecule has 3 aromatic carbocycles. The number of nitro groups is 1. The molecule has 0 atom stereocenters. The highest BCUT2D eigenvalue weighted by atomic mass is 35.5. The zero-order valence-electron chi connectivity index (χ0n) is 15.4. The van der Waals surface area contributed by atoms with Crippen LogP contribution in [0.2, 0.25) is 5.02 Å². The van der Waals surface area contributed by atoms with Crippen LogP contribution in [0.4, 0.5) is 5.69 Å². The van der Waals surface area contributed by atoms with Crippen molar-refractivity contribution in [1.82, 2.24) is 9.97 Å². The molecule has 1 heterocycles. The summed E-state index contributed by atoms with van der Waals surface area (Å²) in [5.74, 6) is 0.740. The second kappa shape index (κ2) is 8.18. The molecule has 0 radical (unpaired) electrons. The van der Waals surface area contributed by atoms with E-state index in [1.807, 2.05) is 0 Å². The molecule has 4 rings (SSSR count). The molecule has 30 heavy (non-hydrogen) atoms. The molecule has 0 fully saturated rings. The Hall–Kier alpha value is -3.97. The number of H-pyrrole nitrogens is 1. The molecule has 0 unspecified atom stereocenters. The van der Waals surface area contributed by atoms with Crippen molar-refractivity contribution in [3.05, 3.63) is 104 Å². The van der Waals surface area contributed by atoms with Crippen molar-refractivity contribution >= 4 is 40.3 Å². The zero-order valence-corrected chi connectivity index (χ0v) is 16.2. The first-order valence-corrected chi connectivity index (χ1v) is 9.27. The molecular formula is C22H14ClN3O4. The number of fused-ring (bicyclic) bond motifs is 1. The van der Waals surface area contributed by atoms with Crippen molar-refractivity contribution in [2.45, 2.75) is 0 Å².